The molecule has 5 rings (SSSR count). The third-order valence-corrected chi connectivity index (χ3v) is 5.61. The van der Waals surface area contributed by atoms with Crippen molar-refractivity contribution in [1.29, 1.82) is 0 Å². The van der Waals surface area contributed by atoms with E-state index in [1.54, 1.807) is 12.3 Å². The number of carbonyl (C=O) groups is 2. The second kappa shape index (κ2) is 8.75. The Hall–Kier alpha value is -4.41. The molecule has 2 amide bonds. The minimum absolute atomic E-state index is 0.00929. The molecule has 1 saturated heterocycles. The SMILES string of the molecule is O=C(Nc1ccc(C(F)(F)F)cc1)c1cc(NC2CCNC2=O)nc(-c2ccc3[nH]ccc3c2)n1. The van der Waals surface area contributed by atoms with Crippen LogP contribution in [0.2, 0.25) is 0 Å². The highest BCUT2D eigenvalue weighted by atomic mass is 19.4. The molecule has 8 nitrogen and oxygen atoms in total. The van der Waals surface area contributed by atoms with Gasteiger partial charge in [0.1, 0.15) is 17.6 Å². The van der Waals surface area contributed by atoms with E-state index < -0.39 is 23.7 Å². The molecule has 1 aliphatic rings. The maximum Gasteiger partial charge on any atom is 0.416 e. The largest absolute Gasteiger partial charge is 0.416 e. The molecule has 0 bridgehead atoms. The number of amides is 2. The number of halogens is 3. The van der Waals surface area contributed by atoms with Crippen molar-refractivity contribution in [1.82, 2.24) is 20.3 Å². The van der Waals surface area contributed by atoms with Crippen LogP contribution >= 0.6 is 0 Å². The number of benzene rings is 2. The van der Waals surface area contributed by atoms with Crippen LogP contribution in [0.25, 0.3) is 22.3 Å². The fourth-order valence-electron chi connectivity index (χ4n) is 3.81. The summed E-state index contributed by atoms with van der Waals surface area (Å²) < 4.78 is 38.5. The van der Waals surface area contributed by atoms with Crippen molar-refractivity contribution in [2.24, 2.45) is 0 Å². The Balaban J connectivity index is 1.47. The average Bonchev–Trinajstić information content (AvgIpc) is 3.47. The number of alkyl halides is 3. The van der Waals surface area contributed by atoms with Gasteiger partial charge in [-0.15, -0.1) is 0 Å². The van der Waals surface area contributed by atoms with Gasteiger partial charge in [0.25, 0.3) is 5.91 Å². The van der Waals surface area contributed by atoms with Gasteiger partial charge in [0.2, 0.25) is 5.91 Å². The number of nitrogens with zero attached hydrogens (tertiary/aromatic N) is 2. The van der Waals surface area contributed by atoms with E-state index in [0.717, 1.165) is 23.0 Å². The molecule has 4 aromatic rings. The van der Waals surface area contributed by atoms with Crippen LogP contribution in [0.15, 0.2) is 60.8 Å². The lowest BCUT2D eigenvalue weighted by atomic mass is 10.1. The third kappa shape index (κ3) is 4.79. The maximum absolute atomic E-state index is 13.0. The van der Waals surface area contributed by atoms with Gasteiger partial charge in [0.15, 0.2) is 5.82 Å². The highest BCUT2D eigenvalue weighted by Crippen LogP contribution is 2.30. The number of H-pyrrole nitrogens is 1. The van der Waals surface area contributed by atoms with Crippen molar-refractivity contribution in [2.45, 2.75) is 18.6 Å². The van der Waals surface area contributed by atoms with Crippen LogP contribution < -0.4 is 16.0 Å². The van der Waals surface area contributed by atoms with Crippen molar-refractivity contribution in [3.05, 3.63) is 72.1 Å². The summed E-state index contributed by atoms with van der Waals surface area (Å²) in [6.07, 6.45) is -2.12. The summed E-state index contributed by atoms with van der Waals surface area (Å²) in [5, 5.41) is 9.26. The molecule has 0 radical (unpaired) electrons. The molecule has 4 N–H and O–H groups in total. The van der Waals surface area contributed by atoms with E-state index in [2.05, 4.69) is 30.9 Å². The lowest BCUT2D eigenvalue weighted by molar-refractivity contribution is -0.137. The molecule has 3 heterocycles. The molecule has 0 aliphatic carbocycles. The first kappa shape index (κ1) is 22.4. The van der Waals surface area contributed by atoms with E-state index >= 15 is 0 Å². The summed E-state index contributed by atoms with van der Waals surface area (Å²) in [7, 11) is 0. The molecular formula is C24H19F3N6O2. The molecule has 1 fully saturated rings. The monoisotopic (exact) mass is 480 g/mol. The van der Waals surface area contributed by atoms with Gasteiger partial charge in [-0.05, 0) is 55.0 Å². The molecule has 1 unspecified atom stereocenters. The maximum atomic E-state index is 13.0. The number of anilines is 2. The molecule has 178 valence electrons. The van der Waals surface area contributed by atoms with Crippen LogP contribution in [0.3, 0.4) is 0 Å². The number of hydrogen-bond acceptors (Lipinski definition) is 5. The molecular weight excluding hydrogens is 461 g/mol. The van der Waals surface area contributed by atoms with Gasteiger partial charge >= 0.3 is 6.18 Å². The zero-order valence-corrected chi connectivity index (χ0v) is 18.1. The molecule has 0 spiro atoms. The predicted molar refractivity (Wildman–Crippen MR) is 124 cm³/mol. The van der Waals surface area contributed by atoms with Gasteiger partial charge in [-0.3, -0.25) is 9.59 Å². The van der Waals surface area contributed by atoms with E-state index in [0.29, 0.717) is 18.5 Å². The van der Waals surface area contributed by atoms with Gasteiger partial charge in [0, 0.05) is 41.0 Å². The summed E-state index contributed by atoms with van der Waals surface area (Å²) in [6.45, 7) is 0.528. The van der Waals surface area contributed by atoms with E-state index in [1.165, 1.54) is 18.2 Å². The van der Waals surface area contributed by atoms with E-state index in [4.69, 9.17) is 0 Å². The van der Waals surface area contributed by atoms with Crippen LogP contribution in [0.1, 0.15) is 22.5 Å². The van der Waals surface area contributed by atoms with E-state index in [1.807, 2.05) is 18.2 Å². The molecule has 2 aromatic carbocycles. The van der Waals surface area contributed by atoms with Crippen molar-refractivity contribution in [3.63, 3.8) is 0 Å². The highest BCUT2D eigenvalue weighted by Gasteiger charge is 2.30. The first-order valence-electron chi connectivity index (χ1n) is 10.8. The highest BCUT2D eigenvalue weighted by molar-refractivity contribution is 6.03. The van der Waals surface area contributed by atoms with Crippen molar-refractivity contribution in [2.75, 3.05) is 17.2 Å². The number of hydrogen-bond donors (Lipinski definition) is 4. The standard InChI is InChI=1S/C24H19F3N6O2/c25-24(26,27)15-2-4-16(5-3-15)30-23(35)19-12-20(31-18-8-10-29-22(18)34)33-21(32-19)14-1-6-17-13(11-14)7-9-28-17/h1-7,9,11-12,18,28H,8,10H2,(H,29,34)(H,30,35)(H,31,32,33). The number of fused-ring (bicyclic) bond motifs is 1. The second-order valence-electron chi connectivity index (χ2n) is 8.05. The van der Waals surface area contributed by atoms with Gasteiger partial charge in [-0.1, -0.05) is 0 Å². The third-order valence-electron chi connectivity index (χ3n) is 5.61. The quantitative estimate of drug-likeness (QED) is 0.342. The van der Waals surface area contributed by atoms with Crippen LogP contribution in [0.4, 0.5) is 24.7 Å². The molecule has 1 atom stereocenters. The molecule has 35 heavy (non-hydrogen) atoms. The Morgan fingerprint density at radius 2 is 1.83 bits per heavy atom. The van der Waals surface area contributed by atoms with E-state index in [9.17, 15) is 22.8 Å². The number of carbonyl (C=O) groups excluding carboxylic acids is 2. The van der Waals surface area contributed by atoms with Gasteiger partial charge < -0.3 is 20.9 Å². The Labute approximate surface area is 197 Å². The van der Waals surface area contributed by atoms with E-state index in [-0.39, 0.29) is 28.9 Å². The number of rotatable bonds is 5. The number of aromatic amines is 1. The van der Waals surface area contributed by atoms with Crippen molar-refractivity contribution >= 4 is 34.2 Å². The number of nitrogens with one attached hydrogen (secondary N) is 4. The normalized spacial score (nSPS) is 15.7. The minimum Gasteiger partial charge on any atom is -0.361 e. The zero-order chi connectivity index (χ0) is 24.6. The summed E-state index contributed by atoms with van der Waals surface area (Å²) in [6, 6.07) is 12.4. The summed E-state index contributed by atoms with van der Waals surface area (Å²) in [5.74, 6) is -0.262. The average molecular weight is 480 g/mol. The molecule has 0 saturated carbocycles. The topological polar surface area (TPSA) is 112 Å². The first-order chi connectivity index (χ1) is 16.8. The number of aromatic nitrogens is 3. The van der Waals surface area contributed by atoms with Gasteiger partial charge in [0.05, 0.1) is 5.56 Å². The molecule has 2 aromatic heterocycles. The Bertz CT molecular complexity index is 1420. The van der Waals surface area contributed by atoms with Crippen LogP contribution in [0.5, 0.6) is 0 Å². The second-order valence-corrected chi connectivity index (χ2v) is 8.05. The zero-order valence-electron chi connectivity index (χ0n) is 18.1. The van der Waals surface area contributed by atoms with Gasteiger partial charge in [-0.25, -0.2) is 9.97 Å². The van der Waals surface area contributed by atoms with Crippen LogP contribution in [-0.4, -0.2) is 39.4 Å². The Kier molecular flexibility index (Phi) is 5.59. The van der Waals surface area contributed by atoms with Crippen LogP contribution in [0, 0.1) is 0 Å². The predicted octanol–water partition coefficient (Wildman–Crippen LogP) is 4.20. The fraction of sp³-hybridized carbons (Fsp3) is 0.167. The summed E-state index contributed by atoms with van der Waals surface area (Å²) >= 11 is 0. The van der Waals surface area contributed by atoms with Crippen molar-refractivity contribution < 1.29 is 22.8 Å². The molecule has 1 aliphatic heterocycles. The van der Waals surface area contributed by atoms with Gasteiger partial charge in [-0.2, -0.15) is 13.2 Å². The minimum atomic E-state index is -4.47. The van der Waals surface area contributed by atoms with Crippen LogP contribution in [-0.2, 0) is 11.0 Å². The Morgan fingerprint density at radius 1 is 1.03 bits per heavy atom. The van der Waals surface area contributed by atoms with Crippen molar-refractivity contribution in [3.8, 4) is 11.4 Å². The fourth-order valence-corrected chi connectivity index (χ4v) is 3.81. The Morgan fingerprint density at radius 3 is 2.54 bits per heavy atom. The lowest BCUT2D eigenvalue weighted by Gasteiger charge is -2.14. The summed E-state index contributed by atoms with van der Waals surface area (Å²) in [4.78, 5) is 37.0. The first-order valence-corrected chi connectivity index (χ1v) is 10.8. The lowest BCUT2D eigenvalue weighted by Crippen LogP contribution is -2.30. The molecule has 11 heteroatoms. The smallest absolute Gasteiger partial charge is 0.361 e. The summed E-state index contributed by atoms with van der Waals surface area (Å²) in [5.41, 5.74) is 0.930.